The van der Waals surface area contributed by atoms with Crippen molar-refractivity contribution in [1.82, 2.24) is 0 Å². The smallest absolute Gasteiger partial charge is 0.0227 e. The molecule has 0 saturated heterocycles. The van der Waals surface area contributed by atoms with Gasteiger partial charge in [0.05, 0.1) is 0 Å². The highest BCUT2D eigenvalue weighted by molar-refractivity contribution is 5.55. The molecule has 0 nitrogen and oxygen atoms in total. The van der Waals surface area contributed by atoms with Crippen molar-refractivity contribution in [3.8, 4) is 0 Å². The Balaban J connectivity index is 2.81. The zero-order chi connectivity index (χ0) is 11.3. The highest BCUT2D eigenvalue weighted by Gasteiger charge is 1.92. The van der Waals surface area contributed by atoms with Crippen LogP contribution in [0.4, 0.5) is 0 Å². The van der Waals surface area contributed by atoms with E-state index in [1.807, 2.05) is 0 Å². The largest absolute Gasteiger partial charge is 0.0736 e. The average molecular weight is 200 g/mol. The molecule has 0 saturated carbocycles. The molecule has 0 aliphatic rings. The van der Waals surface area contributed by atoms with Crippen LogP contribution in [-0.4, -0.2) is 0 Å². The Morgan fingerprint density at radius 1 is 1.27 bits per heavy atom. The van der Waals surface area contributed by atoms with E-state index in [0.29, 0.717) is 0 Å². The van der Waals surface area contributed by atoms with Crippen LogP contribution >= 0.6 is 0 Å². The van der Waals surface area contributed by atoms with Gasteiger partial charge in [-0.1, -0.05) is 54.5 Å². The number of rotatable bonds is 3. The van der Waals surface area contributed by atoms with Gasteiger partial charge in [0.1, 0.15) is 0 Å². The minimum Gasteiger partial charge on any atom is -0.0736 e. The third-order valence-corrected chi connectivity index (χ3v) is 2.64. The number of benzene rings is 1. The molecule has 0 spiro atoms. The molecule has 0 unspecified atom stereocenters. The first-order chi connectivity index (χ1) is 7.13. The molecule has 1 aromatic rings. The molecule has 0 radical (unpaired) electrons. The van der Waals surface area contributed by atoms with Crippen LogP contribution in [0.2, 0.25) is 0 Å². The van der Waals surface area contributed by atoms with Crippen molar-refractivity contribution in [3.63, 3.8) is 0 Å². The summed E-state index contributed by atoms with van der Waals surface area (Å²) in [5.41, 5.74) is 5.38. The van der Waals surface area contributed by atoms with Crippen molar-refractivity contribution in [2.75, 3.05) is 0 Å². The van der Waals surface area contributed by atoms with Gasteiger partial charge in [-0.2, -0.15) is 0 Å². The molecule has 0 amide bonds. The van der Waals surface area contributed by atoms with Gasteiger partial charge in [-0.3, -0.25) is 0 Å². The van der Waals surface area contributed by atoms with E-state index in [1.165, 1.54) is 22.3 Å². The zero-order valence-corrected chi connectivity index (χ0v) is 10.2. The molecule has 1 aromatic carbocycles. The van der Waals surface area contributed by atoms with Crippen molar-refractivity contribution in [2.24, 2.45) is 0 Å². The van der Waals surface area contributed by atoms with Crippen LogP contribution < -0.4 is 0 Å². The number of allylic oxidation sites excluding steroid dienone is 3. The third kappa shape index (κ3) is 3.75. The molecule has 0 heteroatoms. The molecule has 80 valence electrons. The lowest BCUT2D eigenvalue weighted by molar-refractivity contribution is 1.10. The topological polar surface area (TPSA) is 0 Å². The number of hydrogen-bond donors (Lipinski definition) is 0. The molecular formula is C15H20. The summed E-state index contributed by atoms with van der Waals surface area (Å²) in [5.74, 6) is 0. The van der Waals surface area contributed by atoms with Gasteiger partial charge in [-0.25, -0.2) is 0 Å². The first kappa shape index (κ1) is 11.8. The minimum atomic E-state index is 1.12. The fourth-order valence-corrected chi connectivity index (χ4v) is 1.45. The molecular weight excluding hydrogens is 180 g/mol. The SMILES string of the molecule is CC/C(C)=C/C=C\c1ccc(C)cc1C. The number of hydrogen-bond acceptors (Lipinski definition) is 0. The molecule has 0 heterocycles. The van der Waals surface area contributed by atoms with E-state index in [9.17, 15) is 0 Å². The van der Waals surface area contributed by atoms with Gasteiger partial charge >= 0.3 is 0 Å². The van der Waals surface area contributed by atoms with Crippen molar-refractivity contribution in [3.05, 3.63) is 52.6 Å². The molecule has 0 aliphatic carbocycles. The summed E-state index contributed by atoms with van der Waals surface area (Å²) in [7, 11) is 0. The molecule has 0 atom stereocenters. The minimum absolute atomic E-state index is 1.12. The second kappa shape index (κ2) is 5.55. The predicted octanol–water partition coefficient (Wildman–Crippen LogP) is 4.67. The molecule has 0 aliphatic heterocycles. The monoisotopic (exact) mass is 200 g/mol. The highest BCUT2D eigenvalue weighted by atomic mass is 14.0. The first-order valence-corrected chi connectivity index (χ1v) is 5.54. The third-order valence-electron chi connectivity index (χ3n) is 2.64. The van der Waals surface area contributed by atoms with E-state index in [-0.39, 0.29) is 0 Å². The standard InChI is InChI=1S/C15H20/c1-5-12(2)7-6-8-15-10-9-13(3)11-14(15)4/h6-11H,5H2,1-4H3/b8-6-,12-7+. The fraction of sp³-hybridized carbons (Fsp3) is 0.333. The Bertz CT molecular complexity index is 381. The second-order valence-corrected chi connectivity index (χ2v) is 4.09. The maximum atomic E-state index is 2.22. The Morgan fingerprint density at radius 2 is 2.00 bits per heavy atom. The van der Waals surface area contributed by atoms with E-state index < -0.39 is 0 Å². The van der Waals surface area contributed by atoms with Gasteiger partial charge in [0, 0.05) is 0 Å². The van der Waals surface area contributed by atoms with Gasteiger partial charge in [-0.15, -0.1) is 0 Å². The Labute approximate surface area is 93.3 Å². The van der Waals surface area contributed by atoms with Crippen molar-refractivity contribution in [2.45, 2.75) is 34.1 Å². The van der Waals surface area contributed by atoms with E-state index >= 15 is 0 Å². The Morgan fingerprint density at radius 3 is 2.60 bits per heavy atom. The average Bonchev–Trinajstić information content (AvgIpc) is 2.21. The predicted molar refractivity (Wildman–Crippen MR) is 69.0 cm³/mol. The van der Waals surface area contributed by atoms with Crippen LogP contribution in [0.3, 0.4) is 0 Å². The van der Waals surface area contributed by atoms with E-state index in [0.717, 1.165) is 6.42 Å². The summed E-state index contributed by atoms with van der Waals surface area (Å²) in [6, 6.07) is 6.55. The van der Waals surface area contributed by atoms with Crippen LogP contribution in [0.25, 0.3) is 6.08 Å². The molecule has 0 bridgehead atoms. The quantitative estimate of drug-likeness (QED) is 0.622. The van der Waals surface area contributed by atoms with E-state index in [4.69, 9.17) is 0 Å². The summed E-state index contributed by atoms with van der Waals surface area (Å²) in [5, 5.41) is 0. The van der Waals surface area contributed by atoms with E-state index in [1.54, 1.807) is 0 Å². The first-order valence-electron chi connectivity index (χ1n) is 5.54. The highest BCUT2D eigenvalue weighted by Crippen LogP contribution is 2.12. The molecule has 0 aromatic heterocycles. The molecule has 0 fully saturated rings. The normalized spacial score (nSPS) is 12.4. The summed E-state index contributed by atoms with van der Waals surface area (Å²) >= 11 is 0. The van der Waals surface area contributed by atoms with Crippen LogP contribution in [0.1, 0.15) is 37.0 Å². The lowest BCUT2D eigenvalue weighted by Crippen LogP contribution is -1.81. The summed E-state index contributed by atoms with van der Waals surface area (Å²) < 4.78 is 0. The van der Waals surface area contributed by atoms with Gasteiger partial charge in [0.25, 0.3) is 0 Å². The Hall–Kier alpha value is -1.30. The van der Waals surface area contributed by atoms with Crippen molar-refractivity contribution >= 4 is 6.08 Å². The molecule has 0 N–H and O–H groups in total. The molecule has 1 rings (SSSR count). The lowest BCUT2D eigenvalue weighted by atomic mass is 10.1. The lowest BCUT2D eigenvalue weighted by Gasteiger charge is -2.00. The van der Waals surface area contributed by atoms with Crippen LogP contribution in [-0.2, 0) is 0 Å². The van der Waals surface area contributed by atoms with Crippen molar-refractivity contribution in [1.29, 1.82) is 0 Å². The summed E-state index contributed by atoms with van der Waals surface area (Å²) in [6.07, 6.45) is 7.61. The van der Waals surface area contributed by atoms with Crippen LogP contribution in [0.5, 0.6) is 0 Å². The van der Waals surface area contributed by atoms with Gasteiger partial charge in [0.2, 0.25) is 0 Å². The fourth-order valence-electron chi connectivity index (χ4n) is 1.45. The summed E-state index contributed by atoms with van der Waals surface area (Å²) in [4.78, 5) is 0. The van der Waals surface area contributed by atoms with Crippen LogP contribution in [0, 0.1) is 13.8 Å². The second-order valence-electron chi connectivity index (χ2n) is 4.09. The maximum Gasteiger partial charge on any atom is -0.0227 e. The van der Waals surface area contributed by atoms with Gasteiger partial charge in [-0.05, 0) is 38.3 Å². The van der Waals surface area contributed by atoms with Crippen LogP contribution in [0.15, 0.2) is 35.9 Å². The Kier molecular flexibility index (Phi) is 4.36. The number of aryl methyl sites for hydroxylation is 2. The molecule has 15 heavy (non-hydrogen) atoms. The van der Waals surface area contributed by atoms with Crippen molar-refractivity contribution < 1.29 is 0 Å². The summed E-state index contributed by atoms with van der Waals surface area (Å²) in [6.45, 7) is 8.62. The maximum absolute atomic E-state index is 2.22. The van der Waals surface area contributed by atoms with Gasteiger partial charge < -0.3 is 0 Å². The van der Waals surface area contributed by atoms with Gasteiger partial charge in [0.15, 0.2) is 0 Å². The van der Waals surface area contributed by atoms with E-state index in [2.05, 4.69) is 64.1 Å². The zero-order valence-electron chi connectivity index (χ0n) is 10.2.